The lowest BCUT2D eigenvalue weighted by molar-refractivity contribution is 1.11. The van der Waals surface area contributed by atoms with Gasteiger partial charge in [-0.25, -0.2) is 4.98 Å². The average molecular weight is 634 g/mol. The molecule has 224 valence electrons. The molecule has 0 saturated heterocycles. The van der Waals surface area contributed by atoms with E-state index in [1.807, 2.05) is 48.5 Å². The highest BCUT2D eigenvalue weighted by atomic mass is 32.1. The number of para-hydroxylation sites is 3. The van der Waals surface area contributed by atoms with Crippen LogP contribution in [0.25, 0.3) is 92.1 Å². The predicted octanol–water partition coefficient (Wildman–Crippen LogP) is 12.7. The molecular formula is C45H28N2S. The van der Waals surface area contributed by atoms with Gasteiger partial charge in [-0.2, -0.15) is 0 Å². The second-order valence-electron chi connectivity index (χ2n) is 11.9. The molecule has 0 radical (unpaired) electrons. The quantitative estimate of drug-likeness (QED) is 0.176. The van der Waals surface area contributed by atoms with E-state index in [1.54, 1.807) is 15.9 Å². The van der Waals surface area contributed by atoms with E-state index in [9.17, 15) is 0 Å². The largest absolute Gasteiger partial charge is 0.292 e. The number of rotatable bonds is 4. The van der Waals surface area contributed by atoms with Crippen molar-refractivity contribution in [3.05, 3.63) is 170 Å². The van der Waals surface area contributed by atoms with Crippen molar-refractivity contribution < 1.29 is 6.85 Å². The van der Waals surface area contributed by atoms with Crippen molar-refractivity contribution in [2.24, 2.45) is 0 Å². The summed E-state index contributed by atoms with van der Waals surface area (Å²) in [6, 6.07) is 46.2. The van der Waals surface area contributed by atoms with Crippen molar-refractivity contribution in [2.75, 3.05) is 0 Å². The van der Waals surface area contributed by atoms with Gasteiger partial charge in [0.05, 0.1) is 17.9 Å². The van der Waals surface area contributed by atoms with Gasteiger partial charge in [-0.05, 0) is 86.2 Å². The zero-order valence-electron chi connectivity index (χ0n) is 30.6. The Morgan fingerprint density at radius 2 is 1.21 bits per heavy atom. The number of aromatic nitrogens is 2. The number of fused-ring (bicyclic) bond motifs is 6. The van der Waals surface area contributed by atoms with Crippen LogP contribution in [-0.4, -0.2) is 9.55 Å². The van der Waals surface area contributed by atoms with Crippen LogP contribution < -0.4 is 0 Å². The van der Waals surface area contributed by atoms with E-state index < -0.39 is 18.1 Å². The van der Waals surface area contributed by atoms with Gasteiger partial charge in [0.15, 0.2) is 0 Å². The van der Waals surface area contributed by atoms with Gasteiger partial charge in [-0.15, -0.1) is 11.3 Å². The van der Waals surface area contributed by atoms with Crippen LogP contribution in [0.4, 0.5) is 0 Å². The van der Waals surface area contributed by atoms with E-state index in [2.05, 4.69) is 91.0 Å². The molecule has 0 atom stereocenters. The summed E-state index contributed by atoms with van der Waals surface area (Å²) < 4.78 is 47.8. The molecular weight excluding hydrogens is 601 g/mol. The molecule has 0 amide bonds. The minimum atomic E-state index is -0.432. The van der Waals surface area contributed by atoms with E-state index in [-0.39, 0.29) is 17.8 Å². The Labute approximate surface area is 288 Å². The highest BCUT2D eigenvalue weighted by Gasteiger charge is 2.24. The van der Waals surface area contributed by atoms with Crippen LogP contribution in [0.15, 0.2) is 170 Å². The molecule has 0 unspecified atom stereocenters. The highest BCUT2D eigenvalue weighted by Crippen LogP contribution is 2.49. The van der Waals surface area contributed by atoms with E-state index in [1.165, 1.54) is 20.2 Å². The van der Waals surface area contributed by atoms with Gasteiger partial charge >= 0.3 is 0 Å². The molecule has 2 nitrogen and oxygen atoms in total. The first-order valence-electron chi connectivity index (χ1n) is 18.4. The summed E-state index contributed by atoms with van der Waals surface area (Å²) in [5, 5.41) is 6.38. The first kappa shape index (κ1) is 22.5. The molecule has 0 N–H and O–H groups in total. The lowest BCUT2D eigenvalue weighted by Gasteiger charge is -2.20. The van der Waals surface area contributed by atoms with E-state index >= 15 is 0 Å². The summed E-state index contributed by atoms with van der Waals surface area (Å²) in [6.45, 7) is 0. The standard InChI is InChI=1S/C45H28N2S/c1-3-14-29(15-4-1)30-26-27-34-37(28-30)42(36-21-13-25-41-43(36)35-20-9-12-24-40(35)48-41)32-18-7-8-19-33(32)44(34)45-46-38-22-10-11-23-39(38)47(45)31-16-5-2-6-17-31/h1-28H/i2D,5D,6D,16D,17D. The molecule has 0 saturated carbocycles. The minimum Gasteiger partial charge on any atom is -0.292 e. The minimum absolute atomic E-state index is 0.0661. The second kappa shape index (κ2) is 10.8. The number of hydrogen-bond acceptors (Lipinski definition) is 2. The maximum Gasteiger partial charge on any atom is 0.146 e. The fourth-order valence-electron chi connectivity index (χ4n) is 7.28. The maximum absolute atomic E-state index is 9.05. The summed E-state index contributed by atoms with van der Waals surface area (Å²) in [5.41, 5.74) is 6.61. The van der Waals surface area contributed by atoms with Crippen molar-refractivity contribution >= 4 is 64.1 Å². The van der Waals surface area contributed by atoms with E-state index in [4.69, 9.17) is 11.8 Å². The Morgan fingerprint density at radius 3 is 2.06 bits per heavy atom. The summed E-state index contributed by atoms with van der Waals surface area (Å²) >= 11 is 1.80. The van der Waals surface area contributed by atoms with E-state index in [0.29, 0.717) is 16.9 Å². The van der Waals surface area contributed by atoms with Gasteiger partial charge < -0.3 is 0 Å². The summed E-state index contributed by atoms with van der Waals surface area (Å²) in [5.74, 6) is 0.504. The molecule has 0 fully saturated rings. The smallest absolute Gasteiger partial charge is 0.146 e. The lowest BCUT2D eigenvalue weighted by Crippen LogP contribution is -2.00. The Kier molecular flexibility index (Phi) is 5.04. The molecule has 48 heavy (non-hydrogen) atoms. The molecule has 0 spiro atoms. The van der Waals surface area contributed by atoms with Gasteiger partial charge in [0.2, 0.25) is 0 Å². The number of imidazole rings is 1. The monoisotopic (exact) mass is 633 g/mol. The number of benzene rings is 8. The fourth-order valence-corrected chi connectivity index (χ4v) is 8.41. The van der Waals surface area contributed by atoms with Gasteiger partial charge in [-0.3, -0.25) is 4.57 Å². The highest BCUT2D eigenvalue weighted by molar-refractivity contribution is 7.25. The van der Waals surface area contributed by atoms with Crippen LogP contribution in [0.5, 0.6) is 0 Å². The summed E-state index contributed by atoms with van der Waals surface area (Å²) in [4.78, 5) is 5.22. The van der Waals surface area contributed by atoms with Crippen LogP contribution in [0.1, 0.15) is 6.85 Å². The van der Waals surface area contributed by atoms with Gasteiger partial charge in [0.1, 0.15) is 5.82 Å². The third-order valence-corrected chi connectivity index (χ3v) is 10.4. The SMILES string of the molecule is [2H]c1c([2H])c([2H])c(-n2c(-c3c4ccccc4c(-c4cccc5sc6ccccc6c45)c4cc(-c5ccccc5)ccc34)nc3ccccc32)c([2H])c1[2H]. The molecule has 0 bridgehead atoms. The van der Waals surface area contributed by atoms with E-state index in [0.717, 1.165) is 49.4 Å². The molecule has 3 heteroatoms. The lowest BCUT2D eigenvalue weighted by atomic mass is 9.85. The zero-order chi connectivity index (χ0) is 36.0. The fraction of sp³-hybridized carbons (Fsp3) is 0. The third kappa shape index (κ3) is 4.08. The molecule has 2 heterocycles. The summed E-state index contributed by atoms with van der Waals surface area (Å²) in [7, 11) is 0. The Hall–Kier alpha value is -6.03. The topological polar surface area (TPSA) is 17.8 Å². The molecule has 10 aromatic rings. The third-order valence-electron chi connectivity index (χ3n) is 9.30. The Balaban J connectivity index is 1.41. The van der Waals surface area contributed by atoms with Crippen molar-refractivity contribution in [1.82, 2.24) is 9.55 Å². The van der Waals surface area contributed by atoms with Gasteiger partial charge in [0.25, 0.3) is 0 Å². The first-order chi connectivity index (χ1) is 25.9. The Bertz CT molecular complexity index is 3100. The molecule has 2 aromatic heterocycles. The molecule has 0 aliphatic carbocycles. The average Bonchev–Trinajstić information content (AvgIpc) is 3.77. The second-order valence-corrected chi connectivity index (χ2v) is 13.0. The van der Waals surface area contributed by atoms with Gasteiger partial charge in [0, 0.05) is 31.4 Å². The van der Waals surface area contributed by atoms with Gasteiger partial charge in [-0.1, -0.05) is 127 Å². The first-order valence-corrected chi connectivity index (χ1v) is 16.7. The van der Waals surface area contributed by atoms with Crippen LogP contribution in [0, 0.1) is 0 Å². The number of hydrogen-bond donors (Lipinski definition) is 0. The normalized spacial score (nSPS) is 13.2. The molecule has 10 rings (SSSR count). The molecule has 0 aliphatic heterocycles. The zero-order valence-corrected chi connectivity index (χ0v) is 26.4. The van der Waals surface area contributed by atoms with Crippen LogP contribution in [-0.2, 0) is 0 Å². The van der Waals surface area contributed by atoms with Crippen molar-refractivity contribution in [1.29, 1.82) is 0 Å². The van der Waals surface area contributed by atoms with Crippen molar-refractivity contribution in [2.45, 2.75) is 0 Å². The van der Waals surface area contributed by atoms with Crippen LogP contribution in [0.3, 0.4) is 0 Å². The van der Waals surface area contributed by atoms with Crippen LogP contribution in [0.2, 0.25) is 0 Å². The van der Waals surface area contributed by atoms with Crippen molar-refractivity contribution in [3.8, 4) is 39.3 Å². The predicted molar refractivity (Wildman–Crippen MR) is 205 cm³/mol. The summed E-state index contributed by atoms with van der Waals surface area (Å²) in [6.07, 6.45) is 0. The Morgan fingerprint density at radius 1 is 0.521 bits per heavy atom. The number of thiophene rings is 1. The number of nitrogens with zero attached hydrogens (tertiary/aromatic N) is 2. The van der Waals surface area contributed by atoms with Crippen molar-refractivity contribution in [3.63, 3.8) is 0 Å². The van der Waals surface area contributed by atoms with Crippen LogP contribution >= 0.6 is 11.3 Å². The molecule has 0 aliphatic rings. The molecule has 8 aromatic carbocycles. The maximum atomic E-state index is 9.05.